The molecule has 1 aliphatic heterocycles. The second-order valence-corrected chi connectivity index (χ2v) is 8.29. The highest BCUT2D eigenvalue weighted by atomic mass is 16.5. The number of ether oxygens (including phenoxy) is 2. The summed E-state index contributed by atoms with van der Waals surface area (Å²) < 4.78 is 16.7. The standard InChI is InChI=1S/C24H27NO5/c1-15-10-16(2)12-25(11-15)13-20-21(26)9-8-19-23(27)22(14-29-24(19)20)30-18-6-4-17(28-3)5-7-18/h4-9,14-16,26H,10-13H2,1-3H3. The predicted octanol–water partition coefficient (Wildman–Crippen LogP) is 4.78. The van der Waals surface area contributed by atoms with Gasteiger partial charge in [-0.2, -0.15) is 0 Å². The highest BCUT2D eigenvalue weighted by Gasteiger charge is 2.24. The molecule has 0 spiro atoms. The molecular weight excluding hydrogens is 382 g/mol. The summed E-state index contributed by atoms with van der Waals surface area (Å²) >= 11 is 0. The second-order valence-electron chi connectivity index (χ2n) is 8.29. The number of piperidine rings is 1. The SMILES string of the molecule is COc1ccc(Oc2coc3c(CN4CC(C)CC(C)C4)c(O)ccc3c2=O)cc1. The largest absolute Gasteiger partial charge is 0.507 e. The molecule has 0 bridgehead atoms. The lowest BCUT2D eigenvalue weighted by Crippen LogP contribution is -2.38. The quantitative estimate of drug-likeness (QED) is 0.654. The highest BCUT2D eigenvalue weighted by molar-refractivity contribution is 5.83. The first-order chi connectivity index (χ1) is 14.4. The minimum absolute atomic E-state index is 0.101. The van der Waals surface area contributed by atoms with Crippen LogP contribution in [0.5, 0.6) is 23.0 Å². The van der Waals surface area contributed by atoms with Crippen molar-refractivity contribution in [1.82, 2.24) is 4.90 Å². The van der Waals surface area contributed by atoms with Gasteiger partial charge in [0.2, 0.25) is 11.2 Å². The van der Waals surface area contributed by atoms with Crippen molar-refractivity contribution in [2.75, 3.05) is 20.2 Å². The molecule has 0 radical (unpaired) electrons. The van der Waals surface area contributed by atoms with Gasteiger partial charge in [-0.1, -0.05) is 13.8 Å². The van der Waals surface area contributed by atoms with Crippen molar-refractivity contribution >= 4 is 11.0 Å². The molecule has 0 amide bonds. The Balaban J connectivity index is 1.65. The normalized spacial score (nSPS) is 19.7. The number of aromatic hydroxyl groups is 1. The fourth-order valence-corrected chi connectivity index (χ4v) is 4.37. The number of benzene rings is 2. The van der Waals surface area contributed by atoms with Gasteiger partial charge in [0.1, 0.15) is 29.1 Å². The smallest absolute Gasteiger partial charge is 0.235 e. The minimum Gasteiger partial charge on any atom is -0.507 e. The van der Waals surface area contributed by atoms with E-state index < -0.39 is 0 Å². The highest BCUT2D eigenvalue weighted by Crippen LogP contribution is 2.31. The van der Waals surface area contributed by atoms with Crippen LogP contribution in [-0.4, -0.2) is 30.2 Å². The van der Waals surface area contributed by atoms with Crippen molar-refractivity contribution < 1.29 is 19.0 Å². The van der Waals surface area contributed by atoms with Crippen molar-refractivity contribution in [2.24, 2.45) is 11.8 Å². The van der Waals surface area contributed by atoms with E-state index in [4.69, 9.17) is 13.9 Å². The zero-order valence-corrected chi connectivity index (χ0v) is 17.6. The Morgan fingerprint density at radius 2 is 1.73 bits per heavy atom. The Bertz CT molecular complexity index is 1080. The maximum absolute atomic E-state index is 13.0. The Kier molecular flexibility index (Phi) is 5.68. The van der Waals surface area contributed by atoms with E-state index >= 15 is 0 Å². The Hall–Kier alpha value is -2.99. The summed E-state index contributed by atoms with van der Waals surface area (Å²) in [5.41, 5.74) is 0.781. The van der Waals surface area contributed by atoms with Gasteiger partial charge in [0.15, 0.2) is 0 Å². The number of phenols is 1. The van der Waals surface area contributed by atoms with Crippen LogP contribution in [0.1, 0.15) is 25.8 Å². The van der Waals surface area contributed by atoms with Crippen LogP contribution in [0.15, 0.2) is 51.9 Å². The number of rotatable bonds is 5. The molecule has 158 valence electrons. The van der Waals surface area contributed by atoms with Gasteiger partial charge in [0, 0.05) is 19.6 Å². The number of likely N-dealkylation sites (tertiary alicyclic amines) is 1. The molecular formula is C24H27NO5. The lowest BCUT2D eigenvalue weighted by Gasteiger charge is -2.35. The van der Waals surface area contributed by atoms with Crippen LogP contribution in [0.3, 0.4) is 0 Å². The summed E-state index contributed by atoms with van der Waals surface area (Å²) in [5.74, 6) is 2.65. The third-order valence-corrected chi connectivity index (χ3v) is 5.60. The van der Waals surface area contributed by atoms with E-state index in [1.54, 1.807) is 43.5 Å². The average Bonchev–Trinajstić information content (AvgIpc) is 2.72. The Morgan fingerprint density at radius 1 is 1.07 bits per heavy atom. The van der Waals surface area contributed by atoms with E-state index in [1.807, 2.05) is 0 Å². The summed E-state index contributed by atoms with van der Waals surface area (Å²) in [5, 5.41) is 10.9. The first-order valence-corrected chi connectivity index (χ1v) is 10.2. The molecule has 3 aromatic rings. The maximum Gasteiger partial charge on any atom is 0.235 e. The van der Waals surface area contributed by atoms with E-state index in [9.17, 15) is 9.90 Å². The molecule has 2 heterocycles. The summed E-state index contributed by atoms with van der Waals surface area (Å²) in [4.78, 5) is 15.3. The third-order valence-electron chi connectivity index (χ3n) is 5.60. The molecule has 2 aromatic carbocycles. The number of nitrogens with zero attached hydrogens (tertiary/aromatic N) is 1. The van der Waals surface area contributed by atoms with Gasteiger partial charge in [-0.05, 0) is 54.7 Å². The fourth-order valence-electron chi connectivity index (χ4n) is 4.37. The molecule has 1 saturated heterocycles. The lowest BCUT2D eigenvalue weighted by molar-refractivity contribution is 0.133. The summed E-state index contributed by atoms with van der Waals surface area (Å²) in [7, 11) is 1.59. The van der Waals surface area contributed by atoms with Crippen LogP contribution >= 0.6 is 0 Å². The maximum atomic E-state index is 13.0. The summed E-state index contributed by atoms with van der Waals surface area (Å²) in [6.07, 6.45) is 2.53. The van der Waals surface area contributed by atoms with Gasteiger partial charge in [-0.3, -0.25) is 9.69 Å². The first kappa shape index (κ1) is 20.3. The Morgan fingerprint density at radius 3 is 2.40 bits per heavy atom. The van der Waals surface area contributed by atoms with E-state index in [-0.39, 0.29) is 16.9 Å². The average molecular weight is 409 g/mol. The molecule has 30 heavy (non-hydrogen) atoms. The molecule has 4 rings (SSSR count). The van der Waals surface area contributed by atoms with Gasteiger partial charge in [-0.25, -0.2) is 0 Å². The molecule has 6 nitrogen and oxygen atoms in total. The van der Waals surface area contributed by atoms with Crippen molar-refractivity contribution in [3.63, 3.8) is 0 Å². The zero-order valence-electron chi connectivity index (χ0n) is 17.6. The number of phenolic OH excluding ortho intramolecular Hbond substituents is 1. The van der Waals surface area contributed by atoms with Crippen molar-refractivity contribution in [3.05, 3.63) is 58.4 Å². The van der Waals surface area contributed by atoms with Crippen LogP contribution in [0.25, 0.3) is 11.0 Å². The van der Waals surface area contributed by atoms with Gasteiger partial charge in [0.25, 0.3) is 0 Å². The summed E-state index contributed by atoms with van der Waals surface area (Å²) in [6.45, 7) is 6.95. The van der Waals surface area contributed by atoms with Crippen LogP contribution in [0.2, 0.25) is 0 Å². The fraction of sp³-hybridized carbons (Fsp3) is 0.375. The molecule has 1 aliphatic rings. The molecule has 1 fully saturated rings. The molecule has 2 atom stereocenters. The van der Waals surface area contributed by atoms with Gasteiger partial charge in [0.05, 0.1) is 18.1 Å². The van der Waals surface area contributed by atoms with E-state index in [1.165, 1.54) is 12.7 Å². The van der Waals surface area contributed by atoms with E-state index in [0.29, 0.717) is 46.4 Å². The number of hydrogen-bond donors (Lipinski definition) is 1. The molecule has 0 aliphatic carbocycles. The van der Waals surface area contributed by atoms with Crippen LogP contribution in [-0.2, 0) is 6.54 Å². The lowest BCUT2D eigenvalue weighted by atomic mass is 9.91. The minimum atomic E-state index is -0.270. The van der Waals surface area contributed by atoms with Crippen LogP contribution in [0, 0.1) is 11.8 Å². The molecule has 0 saturated carbocycles. The van der Waals surface area contributed by atoms with Crippen LogP contribution in [0.4, 0.5) is 0 Å². The number of hydrogen-bond acceptors (Lipinski definition) is 6. The van der Waals surface area contributed by atoms with Crippen molar-refractivity contribution in [1.29, 1.82) is 0 Å². The van der Waals surface area contributed by atoms with Gasteiger partial charge < -0.3 is 19.0 Å². The van der Waals surface area contributed by atoms with Crippen molar-refractivity contribution in [3.8, 4) is 23.0 Å². The molecule has 1 N–H and O–H groups in total. The monoisotopic (exact) mass is 409 g/mol. The number of fused-ring (bicyclic) bond motifs is 1. The first-order valence-electron chi connectivity index (χ1n) is 10.2. The van der Waals surface area contributed by atoms with E-state index in [0.717, 1.165) is 13.1 Å². The predicted molar refractivity (Wildman–Crippen MR) is 115 cm³/mol. The zero-order chi connectivity index (χ0) is 21.3. The number of methoxy groups -OCH3 is 1. The molecule has 2 unspecified atom stereocenters. The Labute approximate surface area is 175 Å². The third kappa shape index (κ3) is 4.14. The molecule has 6 heteroatoms. The van der Waals surface area contributed by atoms with Crippen molar-refractivity contribution in [2.45, 2.75) is 26.8 Å². The topological polar surface area (TPSA) is 72.1 Å². The van der Waals surface area contributed by atoms with E-state index in [2.05, 4.69) is 18.7 Å². The molecule has 1 aromatic heterocycles. The second kappa shape index (κ2) is 8.40. The van der Waals surface area contributed by atoms with Gasteiger partial charge in [-0.15, -0.1) is 0 Å². The van der Waals surface area contributed by atoms with Crippen LogP contribution < -0.4 is 14.9 Å². The van der Waals surface area contributed by atoms with Gasteiger partial charge >= 0.3 is 0 Å². The summed E-state index contributed by atoms with van der Waals surface area (Å²) in [6, 6.07) is 10.1.